The monoisotopic (exact) mass is 671 g/mol. The van der Waals surface area contributed by atoms with Gasteiger partial charge in [0.25, 0.3) is 17.5 Å². The van der Waals surface area contributed by atoms with Crippen molar-refractivity contribution in [3.05, 3.63) is 128 Å². The van der Waals surface area contributed by atoms with E-state index < -0.39 is 22.8 Å². The lowest BCUT2D eigenvalue weighted by Crippen LogP contribution is -2.54. The molecule has 0 spiro atoms. The van der Waals surface area contributed by atoms with Gasteiger partial charge in [0.15, 0.2) is 11.5 Å². The number of rotatable bonds is 11. The summed E-state index contributed by atoms with van der Waals surface area (Å²) in [7, 11) is 0. The summed E-state index contributed by atoms with van der Waals surface area (Å²) >= 11 is 3.40. The minimum absolute atomic E-state index is 0.0582. The van der Waals surface area contributed by atoms with E-state index in [1.807, 2.05) is 55.5 Å². The molecule has 1 aliphatic rings. The quantitative estimate of drug-likeness (QED) is 0.0817. The zero-order chi connectivity index (χ0) is 31.9. The molecule has 1 heterocycles. The highest BCUT2D eigenvalue weighted by Crippen LogP contribution is 2.32. The number of nitrogens with zero attached hydrogens (tertiary/aromatic N) is 2. The SMILES string of the molecule is CCOc1cc(COc2ccc(Br)cc2/C=C2/C(=O)NC(=O)N(c3cccc([N+](=O)[O-])c3)C2=O)ccc1OCc1ccccc1. The Morgan fingerprint density at radius 2 is 1.56 bits per heavy atom. The number of anilines is 1. The van der Waals surface area contributed by atoms with Crippen molar-refractivity contribution in [2.45, 2.75) is 20.1 Å². The van der Waals surface area contributed by atoms with Crippen molar-refractivity contribution in [2.75, 3.05) is 11.5 Å². The van der Waals surface area contributed by atoms with E-state index in [0.717, 1.165) is 17.2 Å². The van der Waals surface area contributed by atoms with Crippen LogP contribution in [0.4, 0.5) is 16.2 Å². The zero-order valence-corrected chi connectivity index (χ0v) is 25.5. The first-order valence-electron chi connectivity index (χ1n) is 13.7. The van der Waals surface area contributed by atoms with Crippen molar-refractivity contribution >= 4 is 51.2 Å². The molecule has 0 saturated carbocycles. The van der Waals surface area contributed by atoms with E-state index in [2.05, 4.69) is 21.2 Å². The summed E-state index contributed by atoms with van der Waals surface area (Å²) in [6.45, 7) is 2.81. The number of hydrogen-bond acceptors (Lipinski definition) is 8. The number of benzene rings is 4. The van der Waals surface area contributed by atoms with E-state index in [1.165, 1.54) is 24.3 Å². The fraction of sp³-hybridized carbons (Fsp3) is 0.121. The van der Waals surface area contributed by atoms with Crippen LogP contribution in [0.3, 0.4) is 0 Å². The second kappa shape index (κ2) is 13.9. The third kappa shape index (κ3) is 7.36. The van der Waals surface area contributed by atoms with E-state index in [0.29, 0.717) is 45.4 Å². The molecule has 228 valence electrons. The normalized spacial score (nSPS) is 13.9. The van der Waals surface area contributed by atoms with Crippen LogP contribution in [0.25, 0.3) is 6.08 Å². The summed E-state index contributed by atoms with van der Waals surface area (Å²) in [5, 5.41) is 13.4. The molecule has 0 radical (unpaired) electrons. The predicted octanol–water partition coefficient (Wildman–Crippen LogP) is 6.58. The Labute approximate surface area is 266 Å². The van der Waals surface area contributed by atoms with Crippen LogP contribution in [0, 0.1) is 10.1 Å². The highest BCUT2D eigenvalue weighted by Gasteiger charge is 2.37. The average Bonchev–Trinajstić information content (AvgIpc) is 3.03. The van der Waals surface area contributed by atoms with Crippen molar-refractivity contribution in [3.8, 4) is 17.2 Å². The summed E-state index contributed by atoms with van der Waals surface area (Å²) in [5.74, 6) is -0.355. The minimum Gasteiger partial charge on any atom is -0.490 e. The van der Waals surface area contributed by atoms with Gasteiger partial charge in [-0.1, -0.05) is 58.4 Å². The summed E-state index contributed by atoms with van der Waals surface area (Å²) in [6, 6.07) is 24.3. The zero-order valence-electron chi connectivity index (χ0n) is 23.9. The van der Waals surface area contributed by atoms with Gasteiger partial charge >= 0.3 is 6.03 Å². The number of nitro benzene ring substituents is 1. The van der Waals surface area contributed by atoms with Gasteiger partial charge < -0.3 is 14.2 Å². The molecule has 1 N–H and O–H groups in total. The molecule has 0 atom stereocenters. The Bertz CT molecular complexity index is 1810. The topological polar surface area (TPSA) is 137 Å². The van der Waals surface area contributed by atoms with Crippen molar-refractivity contribution in [1.29, 1.82) is 0 Å². The largest absolute Gasteiger partial charge is 0.490 e. The second-order valence-electron chi connectivity index (χ2n) is 9.69. The standard InChI is InChI=1S/C33H26BrN3O8/c1-2-43-30-15-22(11-13-29(30)45-19-21-7-4-3-5-8-21)20-44-28-14-12-24(34)16-23(28)17-27-31(38)35-33(40)36(32(27)39)25-9-6-10-26(18-25)37(41)42/h3-18H,2,19-20H2,1H3,(H,35,38,40)/b27-17-. The van der Waals surface area contributed by atoms with Crippen molar-refractivity contribution in [2.24, 2.45) is 0 Å². The molecule has 0 aliphatic carbocycles. The third-order valence-corrected chi connectivity index (χ3v) is 7.10. The first-order chi connectivity index (χ1) is 21.7. The van der Waals surface area contributed by atoms with Gasteiger partial charge in [-0.3, -0.25) is 25.0 Å². The van der Waals surface area contributed by atoms with Crippen LogP contribution in [0.5, 0.6) is 17.2 Å². The number of carbonyl (C=O) groups is 3. The van der Waals surface area contributed by atoms with E-state index in [9.17, 15) is 24.5 Å². The fourth-order valence-electron chi connectivity index (χ4n) is 4.48. The lowest BCUT2D eigenvalue weighted by molar-refractivity contribution is -0.384. The van der Waals surface area contributed by atoms with Gasteiger partial charge in [0.05, 0.1) is 17.2 Å². The summed E-state index contributed by atoms with van der Waals surface area (Å²) in [5.41, 5.74) is 1.44. The Hall–Kier alpha value is -5.49. The molecule has 4 aromatic rings. The van der Waals surface area contributed by atoms with Gasteiger partial charge in [-0.05, 0) is 60.5 Å². The summed E-state index contributed by atoms with van der Waals surface area (Å²) in [6.07, 6.45) is 1.31. The van der Waals surface area contributed by atoms with Crippen molar-refractivity contribution < 1.29 is 33.5 Å². The van der Waals surface area contributed by atoms with Crippen molar-refractivity contribution in [3.63, 3.8) is 0 Å². The van der Waals surface area contributed by atoms with E-state index in [4.69, 9.17) is 14.2 Å². The number of urea groups is 1. The Morgan fingerprint density at radius 1 is 0.822 bits per heavy atom. The minimum atomic E-state index is -1.02. The number of halogens is 1. The van der Waals surface area contributed by atoms with Gasteiger partial charge in [0, 0.05) is 22.2 Å². The van der Waals surface area contributed by atoms with Gasteiger partial charge in [-0.25, -0.2) is 9.69 Å². The van der Waals surface area contributed by atoms with E-state index >= 15 is 0 Å². The first kappa shape index (κ1) is 31.0. The van der Waals surface area contributed by atoms with Gasteiger partial charge in [0.2, 0.25) is 0 Å². The molecule has 0 unspecified atom stereocenters. The summed E-state index contributed by atoms with van der Waals surface area (Å²) in [4.78, 5) is 50.1. The number of imide groups is 2. The first-order valence-corrected chi connectivity index (χ1v) is 14.5. The summed E-state index contributed by atoms with van der Waals surface area (Å²) < 4.78 is 18.6. The average molecular weight is 672 g/mol. The Balaban J connectivity index is 1.38. The third-order valence-electron chi connectivity index (χ3n) is 6.61. The van der Waals surface area contributed by atoms with Crippen LogP contribution >= 0.6 is 15.9 Å². The van der Waals surface area contributed by atoms with Crippen molar-refractivity contribution in [1.82, 2.24) is 5.32 Å². The maximum Gasteiger partial charge on any atom is 0.335 e. The molecule has 1 fully saturated rings. The van der Waals surface area contributed by atoms with Gasteiger partial charge in [-0.15, -0.1) is 0 Å². The molecule has 45 heavy (non-hydrogen) atoms. The van der Waals surface area contributed by atoms with E-state index in [-0.39, 0.29) is 23.6 Å². The predicted molar refractivity (Wildman–Crippen MR) is 169 cm³/mol. The molecule has 0 bridgehead atoms. The molecular formula is C33H26BrN3O8. The van der Waals surface area contributed by atoms with Crippen LogP contribution in [0.2, 0.25) is 0 Å². The number of barbiturate groups is 1. The van der Waals surface area contributed by atoms with Crippen LogP contribution in [-0.4, -0.2) is 29.4 Å². The number of hydrogen-bond donors (Lipinski definition) is 1. The lowest BCUT2D eigenvalue weighted by Gasteiger charge is -2.26. The second-order valence-corrected chi connectivity index (χ2v) is 10.6. The van der Waals surface area contributed by atoms with Gasteiger partial charge in [-0.2, -0.15) is 0 Å². The molecule has 0 aromatic heterocycles. The number of carbonyl (C=O) groups excluding carboxylic acids is 3. The van der Waals surface area contributed by atoms with Crippen LogP contribution in [0.15, 0.2) is 101 Å². The molecule has 1 aliphatic heterocycles. The fourth-order valence-corrected chi connectivity index (χ4v) is 4.86. The molecule has 1 saturated heterocycles. The van der Waals surface area contributed by atoms with E-state index in [1.54, 1.807) is 18.2 Å². The lowest BCUT2D eigenvalue weighted by atomic mass is 10.1. The Morgan fingerprint density at radius 3 is 2.31 bits per heavy atom. The number of ether oxygens (including phenoxy) is 3. The van der Waals surface area contributed by atoms with Crippen LogP contribution in [-0.2, 0) is 22.8 Å². The maximum atomic E-state index is 13.4. The maximum absolute atomic E-state index is 13.4. The number of nitrogens with one attached hydrogen (secondary N) is 1. The molecule has 4 aromatic carbocycles. The van der Waals surface area contributed by atoms with Crippen LogP contribution < -0.4 is 24.4 Å². The highest BCUT2D eigenvalue weighted by molar-refractivity contribution is 9.10. The molecule has 5 rings (SSSR count). The molecular weight excluding hydrogens is 646 g/mol. The number of nitro groups is 1. The number of amides is 4. The highest BCUT2D eigenvalue weighted by atomic mass is 79.9. The Kier molecular flexibility index (Phi) is 9.54. The van der Waals surface area contributed by atoms with Gasteiger partial charge in [0.1, 0.15) is 24.5 Å². The number of non-ortho nitro benzene ring substituents is 1. The molecule has 11 nitrogen and oxygen atoms in total. The van der Waals surface area contributed by atoms with Crippen LogP contribution in [0.1, 0.15) is 23.6 Å². The molecule has 12 heteroatoms. The smallest absolute Gasteiger partial charge is 0.335 e. The molecule has 4 amide bonds.